The molecule has 0 rings (SSSR count). The smallest absolute Gasteiger partial charge is 0.239 e. The van der Waals surface area contributed by atoms with Crippen molar-refractivity contribution in [2.75, 3.05) is 13.2 Å². The van der Waals surface area contributed by atoms with Crippen molar-refractivity contribution < 1.29 is 14.7 Å². The highest BCUT2D eigenvalue weighted by atomic mass is 16.3. The number of nitrogens with one attached hydrogen (secondary N) is 2. The van der Waals surface area contributed by atoms with Crippen molar-refractivity contribution in [3.8, 4) is 0 Å². The van der Waals surface area contributed by atoms with Crippen LogP contribution in [0.4, 0.5) is 0 Å². The molecule has 0 radical (unpaired) electrons. The molecular formula is C7H14N2O3. The largest absolute Gasteiger partial charge is 0.394 e. The number of carbonyl (C=O) groups excluding carboxylic acids is 2. The van der Waals surface area contributed by atoms with Crippen molar-refractivity contribution in [3.63, 3.8) is 0 Å². The van der Waals surface area contributed by atoms with Gasteiger partial charge < -0.3 is 15.7 Å². The van der Waals surface area contributed by atoms with Crippen LogP contribution < -0.4 is 10.6 Å². The number of hydrogen-bond donors (Lipinski definition) is 3. The van der Waals surface area contributed by atoms with Crippen LogP contribution in [0.15, 0.2) is 0 Å². The first-order valence-corrected chi connectivity index (χ1v) is 3.71. The van der Waals surface area contributed by atoms with E-state index in [2.05, 4.69) is 10.6 Å². The van der Waals surface area contributed by atoms with Gasteiger partial charge in [0.15, 0.2) is 0 Å². The molecule has 0 aliphatic carbocycles. The van der Waals surface area contributed by atoms with Gasteiger partial charge in [-0.05, 0) is 6.92 Å². The second kappa shape index (κ2) is 5.54. The maximum absolute atomic E-state index is 10.9. The molecule has 0 saturated heterocycles. The predicted molar refractivity (Wildman–Crippen MR) is 43.4 cm³/mol. The van der Waals surface area contributed by atoms with E-state index in [9.17, 15) is 9.59 Å². The Bertz CT molecular complexity index is 170. The Kier molecular flexibility index (Phi) is 5.03. The molecule has 0 saturated carbocycles. The lowest BCUT2D eigenvalue weighted by molar-refractivity contribution is -0.125. The summed E-state index contributed by atoms with van der Waals surface area (Å²) in [4.78, 5) is 21.2. The molecule has 0 heterocycles. The Morgan fingerprint density at radius 2 is 2.08 bits per heavy atom. The second-order valence-corrected chi connectivity index (χ2v) is 2.56. The van der Waals surface area contributed by atoms with Gasteiger partial charge in [0, 0.05) is 13.0 Å². The summed E-state index contributed by atoms with van der Waals surface area (Å²) >= 11 is 0. The quantitative estimate of drug-likeness (QED) is 0.491. The molecule has 0 aromatic heterocycles. The molecule has 5 heteroatoms. The van der Waals surface area contributed by atoms with E-state index in [1.165, 1.54) is 6.92 Å². The average Bonchev–Trinajstić information content (AvgIpc) is 2.00. The fraction of sp³-hybridized carbons (Fsp3) is 0.714. The molecule has 0 aromatic carbocycles. The highest BCUT2D eigenvalue weighted by Crippen LogP contribution is 1.77. The van der Waals surface area contributed by atoms with Gasteiger partial charge >= 0.3 is 0 Å². The number of aliphatic hydroxyl groups excluding tert-OH is 1. The molecule has 0 fully saturated rings. The van der Waals surface area contributed by atoms with E-state index < -0.39 is 0 Å². The SMILES string of the molecule is CC(=O)NCC(=O)NC(C)CO. The number of rotatable bonds is 4. The lowest BCUT2D eigenvalue weighted by Gasteiger charge is -2.10. The highest BCUT2D eigenvalue weighted by molar-refractivity contribution is 5.83. The number of amides is 2. The van der Waals surface area contributed by atoms with Gasteiger partial charge in [-0.3, -0.25) is 9.59 Å². The molecule has 5 nitrogen and oxygen atoms in total. The molecule has 1 unspecified atom stereocenters. The van der Waals surface area contributed by atoms with Crippen LogP contribution in [-0.4, -0.2) is 36.1 Å². The maximum atomic E-state index is 10.9. The van der Waals surface area contributed by atoms with Crippen molar-refractivity contribution >= 4 is 11.8 Å². The van der Waals surface area contributed by atoms with Crippen LogP contribution in [0.25, 0.3) is 0 Å². The summed E-state index contributed by atoms with van der Waals surface area (Å²) in [5, 5.41) is 13.4. The Morgan fingerprint density at radius 1 is 1.50 bits per heavy atom. The van der Waals surface area contributed by atoms with Crippen molar-refractivity contribution in [1.29, 1.82) is 0 Å². The van der Waals surface area contributed by atoms with Gasteiger partial charge in [0.05, 0.1) is 13.2 Å². The standard InChI is InChI=1S/C7H14N2O3/c1-5(4-10)9-7(12)3-8-6(2)11/h5,10H,3-4H2,1-2H3,(H,8,11)(H,9,12). The molecule has 70 valence electrons. The van der Waals surface area contributed by atoms with Crippen LogP contribution in [0, 0.1) is 0 Å². The van der Waals surface area contributed by atoms with E-state index in [1.54, 1.807) is 6.92 Å². The molecule has 0 spiro atoms. The Labute approximate surface area is 71.1 Å². The summed E-state index contributed by atoms with van der Waals surface area (Å²) in [6.07, 6.45) is 0. The fourth-order valence-electron chi connectivity index (χ4n) is 0.576. The van der Waals surface area contributed by atoms with E-state index in [4.69, 9.17) is 5.11 Å². The molecule has 3 N–H and O–H groups in total. The maximum Gasteiger partial charge on any atom is 0.239 e. The Hall–Kier alpha value is -1.10. The van der Waals surface area contributed by atoms with E-state index in [1.807, 2.05) is 0 Å². The molecule has 0 aliphatic rings. The third-order valence-electron chi connectivity index (χ3n) is 1.18. The molecule has 1 atom stereocenters. The number of aliphatic hydroxyl groups is 1. The van der Waals surface area contributed by atoms with E-state index >= 15 is 0 Å². The van der Waals surface area contributed by atoms with E-state index in [-0.39, 0.29) is 31.0 Å². The topological polar surface area (TPSA) is 78.4 Å². The van der Waals surface area contributed by atoms with Crippen molar-refractivity contribution in [2.24, 2.45) is 0 Å². The third kappa shape index (κ3) is 5.67. The minimum Gasteiger partial charge on any atom is -0.394 e. The number of hydrogen-bond acceptors (Lipinski definition) is 3. The fourth-order valence-corrected chi connectivity index (χ4v) is 0.576. The Balaban J connectivity index is 3.53. The van der Waals surface area contributed by atoms with Crippen molar-refractivity contribution in [1.82, 2.24) is 10.6 Å². The summed E-state index contributed by atoms with van der Waals surface area (Å²) < 4.78 is 0. The zero-order valence-electron chi connectivity index (χ0n) is 7.26. The second-order valence-electron chi connectivity index (χ2n) is 2.56. The first kappa shape index (κ1) is 10.9. The van der Waals surface area contributed by atoms with E-state index in [0.29, 0.717) is 0 Å². The lowest BCUT2D eigenvalue weighted by Crippen LogP contribution is -2.41. The van der Waals surface area contributed by atoms with Gasteiger partial charge in [-0.15, -0.1) is 0 Å². The monoisotopic (exact) mass is 174 g/mol. The minimum absolute atomic E-state index is 0.0420. The van der Waals surface area contributed by atoms with Gasteiger partial charge in [-0.1, -0.05) is 0 Å². The van der Waals surface area contributed by atoms with Gasteiger partial charge in [-0.25, -0.2) is 0 Å². The highest BCUT2D eigenvalue weighted by Gasteiger charge is 2.05. The van der Waals surface area contributed by atoms with Crippen LogP contribution in [0.3, 0.4) is 0 Å². The summed E-state index contributed by atoms with van der Waals surface area (Å²) in [6, 6.07) is -0.272. The van der Waals surface area contributed by atoms with Crippen LogP contribution >= 0.6 is 0 Å². The first-order chi connectivity index (χ1) is 5.56. The lowest BCUT2D eigenvalue weighted by atomic mass is 10.3. The van der Waals surface area contributed by atoms with Gasteiger partial charge in [0.25, 0.3) is 0 Å². The van der Waals surface area contributed by atoms with Crippen LogP contribution in [0.5, 0.6) is 0 Å². The minimum atomic E-state index is -0.299. The first-order valence-electron chi connectivity index (χ1n) is 3.71. The molecule has 0 aromatic rings. The summed E-state index contributed by atoms with van der Waals surface area (Å²) in [5.41, 5.74) is 0. The van der Waals surface area contributed by atoms with Gasteiger partial charge in [-0.2, -0.15) is 0 Å². The number of carbonyl (C=O) groups is 2. The predicted octanol–water partition coefficient (Wildman–Crippen LogP) is -1.38. The molecular weight excluding hydrogens is 160 g/mol. The summed E-state index contributed by atoms with van der Waals surface area (Å²) in [7, 11) is 0. The van der Waals surface area contributed by atoms with Crippen LogP contribution in [0.2, 0.25) is 0 Å². The summed E-state index contributed by atoms with van der Waals surface area (Å²) in [5.74, 6) is -0.548. The van der Waals surface area contributed by atoms with Crippen molar-refractivity contribution in [3.05, 3.63) is 0 Å². The third-order valence-corrected chi connectivity index (χ3v) is 1.18. The zero-order valence-corrected chi connectivity index (χ0v) is 7.26. The average molecular weight is 174 g/mol. The normalized spacial score (nSPS) is 11.9. The summed E-state index contributed by atoms with van der Waals surface area (Å²) in [6.45, 7) is 2.86. The molecule has 0 bridgehead atoms. The molecule has 12 heavy (non-hydrogen) atoms. The Morgan fingerprint density at radius 3 is 2.50 bits per heavy atom. The van der Waals surface area contributed by atoms with Crippen LogP contribution in [0.1, 0.15) is 13.8 Å². The van der Waals surface area contributed by atoms with Crippen LogP contribution in [-0.2, 0) is 9.59 Å². The van der Waals surface area contributed by atoms with E-state index in [0.717, 1.165) is 0 Å². The van der Waals surface area contributed by atoms with Gasteiger partial charge in [0.1, 0.15) is 0 Å². The van der Waals surface area contributed by atoms with Crippen molar-refractivity contribution in [2.45, 2.75) is 19.9 Å². The molecule has 0 aliphatic heterocycles. The molecule has 2 amide bonds. The van der Waals surface area contributed by atoms with Gasteiger partial charge in [0.2, 0.25) is 11.8 Å². The zero-order chi connectivity index (χ0) is 9.56.